The lowest BCUT2D eigenvalue weighted by molar-refractivity contribution is -0.00880. The quantitative estimate of drug-likeness (QED) is 0.703. The monoisotopic (exact) mass is 337 g/mol. The smallest absolute Gasteiger partial charge is 0.213 e. The molecular weight excluding hydrogens is 318 g/mol. The first-order valence-electron chi connectivity index (χ1n) is 8.47. The van der Waals surface area contributed by atoms with Gasteiger partial charge in [0.1, 0.15) is 12.1 Å². The normalized spacial score (nSPS) is 22.8. The molecule has 2 atom stereocenters. The van der Waals surface area contributed by atoms with Gasteiger partial charge in [0.15, 0.2) is 5.65 Å². The van der Waals surface area contributed by atoms with E-state index in [1.807, 2.05) is 24.4 Å². The standard InChI is InChI=1S/C17H19N7O/c1-25-17-6-12(4-5-18-17)8-23-13-7-14(23)10-22(9-13)16-3-2-15-20-19-11-24(15)21-16/h2-6,11,13-14H,7-10H2,1H3. The van der Waals surface area contributed by atoms with E-state index in [0.29, 0.717) is 18.0 Å². The lowest BCUT2D eigenvalue weighted by atomic mass is 9.87. The Morgan fingerprint density at radius 1 is 1.20 bits per heavy atom. The Morgan fingerprint density at radius 2 is 2.08 bits per heavy atom. The number of rotatable bonds is 4. The van der Waals surface area contributed by atoms with Crippen LogP contribution in [0.15, 0.2) is 36.8 Å². The van der Waals surface area contributed by atoms with Gasteiger partial charge < -0.3 is 9.64 Å². The van der Waals surface area contributed by atoms with Crippen molar-refractivity contribution in [1.82, 2.24) is 29.7 Å². The number of hydrogen-bond acceptors (Lipinski definition) is 7. The van der Waals surface area contributed by atoms with E-state index >= 15 is 0 Å². The van der Waals surface area contributed by atoms with Crippen LogP contribution < -0.4 is 9.64 Å². The van der Waals surface area contributed by atoms with E-state index in [-0.39, 0.29) is 0 Å². The third-order valence-corrected chi connectivity index (χ3v) is 5.19. The van der Waals surface area contributed by atoms with E-state index in [0.717, 1.165) is 31.1 Å². The number of fused-ring (bicyclic) bond motifs is 3. The molecule has 8 nitrogen and oxygen atoms in total. The first-order valence-corrected chi connectivity index (χ1v) is 8.47. The van der Waals surface area contributed by atoms with Crippen molar-refractivity contribution in [1.29, 1.82) is 0 Å². The number of ether oxygens (including phenoxy) is 1. The highest BCUT2D eigenvalue weighted by Crippen LogP contribution is 2.35. The van der Waals surface area contributed by atoms with Gasteiger partial charge in [-0.25, -0.2) is 4.98 Å². The van der Waals surface area contributed by atoms with E-state index in [9.17, 15) is 0 Å². The number of piperazine rings is 1. The highest BCUT2D eigenvalue weighted by Gasteiger charge is 2.44. The van der Waals surface area contributed by atoms with Crippen LogP contribution in [-0.2, 0) is 6.54 Å². The molecule has 0 aromatic carbocycles. The molecule has 2 unspecified atom stereocenters. The van der Waals surface area contributed by atoms with Crippen LogP contribution in [0.3, 0.4) is 0 Å². The Hall–Kier alpha value is -2.74. The zero-order chi connectivity index (χ0) is 16.8. The van der Waals surface area contributed by atoms with Crippen molar-refractivity contribution in [2.45, 2.75) is 25.0 Å². The van der Waals surface area contributed by atoms with Gasteiger partial charge >= 0.3 is 0 Å². The minimum Gasteiger partial charge on any atom is -0.481 e. The maximum absolute atomic E-state index is 5.23. The fourth-order valence-corrected chi connectivity index (χ4v) is 3.89. The molecule has 0 aliphatic carbocycles. The van der Waals surface area contributed by atoms with Crippen LogP contribution in [-0.4, -0.2) is 62.0 Å². The van der Waals surface area contributed by atoms with Gasteiger partial charge in [0, 0.05) is 44.0 Å². The maximum Gasteiger partial charge on any atom is 0.213 e. The predicted molar refractivity (Wildman–Crippen MR) is 91.5 cm³/mol. The van der Waals surface area contributed by atoms with Crippen molar-refractivity contribution >= 4 is 11.5 Å². The summed E-state index contributed by atoms with van der Waals surface area (Å²) in [5, 5.41) is 12.5. The number of piperidine rings is 1. The molecule has 3 saturated heterocycles. The van der Waals surface area contributed by atoms with Crippen LogP contribution in [0.5, 0.6) is 5.88 Å². The van der Waals surface area contributed by atoms with Crippen LogP contribution in [0.4, 0.5) is 5.82 Å². The van der Waals surface area contributed by atoms with Gasteiger partial charge in [0.2, 0.25) is 5.88 Å². The summed E-state index contributed by atoms with van der Waals surface area (Å²) in [5.41, 5.74) is 2.03. The fraction of sp³-hybridized carbons (Fsp3) is 0.412. The largest absolute Gasteiger partial charge is 0.481 e. The van der Waals surface area contributed by atoms with Gasteiger partial charge in [-0.2, -0.15) is 4.52 Å². The Bertz CT molecular complexity index is 899. The molecule has 3 aliphatic rings. The molecule has 0 saturated carbocycles. The summed E-state index contributed by atoms with van der Waals surface area (Å²) in [4.78, 5) is 9.12. The Morgan fingerprint density at radius 3 is 2.92 bits per heavy atom. The first-order chi connectivity index (χ1) is 12.3. The Labute approximate surface area is 145 Å². The average Bonchev–Trinajstić information content (AvgIpc) is 3.14. The van der Waals surface area contributed by atoms with Crippen LogP contribution in [0.2, 0.25) is 0 Å². The molecule has 3 aliphatic heterocycles. The molecule has 0 amide bonds. The summed E-state index contributed by atoms with van der Waals surface area (Å²) in [5.74, 6) is 1.67. The number of pyridine rings is 1. The van der Waals surface area contributed by atoms with Crippen molar-refractivity contribution in [3.05, 3.63) is 42.4 Å². The van der Waals surface area contributed by atoms with E-state index in [4.69, 9.17) is 4.74 Å². The second kappa shape index (κ2) is 5.66. The lowest BCUT2D eigenvalue weighted by Crippen LogP contribution is -2.68. The molecule has 6 rings (SSSR count). The minimum absolute atomic E-state index is 0.566. The number of methoxy groups -OCH3 is 1. The lowest BCUT2D eigenvalue weighted by Gasteiger charge is -2.56. The number of hydrogen-bond donors (Lipinski definition) is 0. The molecule has 0 spiro atoms. The molecule has 25 heavy (non-hydrogen) atoms. The van der Waals surface area contributed by atoms with E-state index < -0.39 is 0 Å². The highest BCUT2D eigenvalue weighted by atomic mass is 16.5. The van der Waals surface area contributed by atoms with Crippen molar-refractivity contribution in [3.8, 4) is 5.88 Å². The number of nitrogens with zero attached hydrogens (tertiary/aromatic N) is 7. The van der Waals surface area contributed by atoms with E-state index in [1.165, 1.54) is 12.0 Å². The summed E-state index contributed by atoms with van der Waals surface area (Å²) in [6.45, 7) is 2.94. The van der Waals surface area contributed by atoms with E-state index in [2.05, 4.69) is 36.1 Å². The summed E-state index contributed by atoms with van der Waals surface area (Å²) in [7, 11) is 1.65. The van der Waals surface area contributed by atoms with Gasteiger partial charge in [-0.05, 0) is 30.2 Å². The maximum atomic E-state index is 5.23. The predicted octanol–water partition coefficient (Wildman–Crippen LogP) is 0.991. The SMILES string of the molecule is COc1cc(CN2C3CC2CN(c2ccc4nncn4n2)C3)ccn1. The molecule has 128 valence electrons. The molecule has 2 bridgehead atoms. The molecule has 0 radical (unpaired) electrons. The van der Waals surface area contributed by atoms with Crippen molar-refractivity contribution < 1.29 is 4.74 Å². The zero-order valence-electron chi connectivity index (χ0n) is 14.0. The minimum atomic E-state index is 0.566. The number of aromatic nitrogens is 5. The molecule has 3 fully saturated rings. The first kappa shape index (κ1) is 14.6. The van der Waals surface area contributed by atoms with Crippen LogP contribution in [0.1, 0.15) is 12.0 Å². The van der Waals surface area contributed by atoms with E-state index in [1.54, 1.807) is 18.0 Å². The molecule has 3 aromatic heterocycles. The van der Waals surface area contributed by atoms with Crippen LogP contribution >= 0.6 is 0 Å². The van der Waals surface area contributed by atoms with Crippen LogP contribution in [0.25, 0.3) is 5.65 Å². The average molecular weight is 337 g/mol. The van der Waals surface area contributed by atoms with Gasteiger partial charge in [-0.15, -0.1) is 15.3 Å². The van der Waals surface area contributed by atoms with Crippen LogP contribution in [0, 0.1) is 0 Å². The van der Waals surface area contributed by atoms with Gasteiger partial charge in [0.25, 0.3) is 0 Å². The van der Waals surface area contributed by atoms with Gasteiger partial charge in [0.05, 0.1) is 7.11 Å². The Balaban J connectivity index is 1.30. The third-order valence-electron chi connectivity index (χ3n) is 5.19. The summed E-state index contributed by atoms with van der Waals surface area (Å²) < 4.78 is 6.96. The van der Waals surface area contributed by atoms with Gasteiger partial charge in [-0.1, -0.05) is 0 Å². The van der Waals surface area contributed by atoms with Gasteiger partial charge in [-0.3, -0.25) is 4.90 Å². The molecule has 0 N–H and O–H groups in total. The fourth-order valence-electron chi connectivity index (χ4n) is 3.89. The summed E-state index contributed by atoms with van der Waals surface area (Å²) >= 11 is 0. The Kier molecular flexibility index (Phi) is 3.30. The second-order valence-electron chi connectivity index (χ2n) is 6.65. The third kappa shape index (κ3) is 2.49. The number of anilines is 1. The topological polar surface area (TPSA) is 71.7 Å². The van der Waals surface area contributed by atoms with Crippen molar-refractivity contribution in [2.75, 3.05) is 25.1 Å². The summed E-state index contributed by atoms with van der Waals surface area (Å²) in [6, 6.07) is 9.22. The highest BCUT2D eigenvalue weighted by molar-refractivity contribution is 5.46. The van der Waals surface area contributed by atoms with Crippen molar-refractivity contribution in [3.63, 3.8) is 0 Å². The second-order valence-corrected chi connectivity index (χ2v) is 6.65. The summed E-state index contributed by atoms with van der Waals surface area (Å²) in [6.07, 6.45) is 4.72. The molecule has 6 heterocycles. The molecular formula is C17H19N7O. The zero-order valence-corrected chi connectivity index (χ0v) is 14.0. The molecule has 3 aromatic rings. The van der Waals surface area contributed by atoms with Crippen molar-refractivity contribution in [2.24, 2.45) is 0 Å². The molecule has 8 heteroatoms.